The Balaban J connectivity index is 1.61. The fourth-order valence-corrected chi connectivity index (χ4v) is 9.48. The van der Waals surface area contributed by atoms with E-state index in [0.717, 1.165) is 28.2 Å². The van der Waals surface area contributed by atoms with E-state index in [-0.39, 0.29) is 23.8 Å². The second-order valence-corrected chi connectivity index (χ2v) is 10.8. The van der Waals surface area contributed by atoms with Gasteiger partial charge in [-0.2, -0.15) is 0 Å². The number of aliphatic hydroxyl groups excluding tert-OH is 2. The molecule has 26 heavy (non-hydrogen) atoms. The van der Waals surface area contributed by atoms with Gasteiger partial charge in [0.15, 0.2) is 0 Å². The molecule has 1 spiro atoms. The molecule has 0 aromatic heterocycles. The summed E-state index contributed by atoms with van der Waals surface area (Å²) in [6, 6.07) is 5.22. The predicted molar refractivity (Wildman–Crippen MR) is 107 cm³/mol. The molecule has 4 saturated heterocycles. The highest BCUT2D eigenvalue weighted by molar-refractivity contribution is 9.11. The van der Waals surface area contributed by atoms with Crippen LogP contribution in [-0.4, -0.2) is 52.6 Å². The lowest BCUT2D eigenvalue weighted by Gasteiger charge is -2.62. The van der Waals surface area contributed by atoms with Gasteiger partial charge in [0.2, 0.25) is 0 Å². The quantitative estimate of drug-likeness (QED) is 0.644. The van der Waals surface area contributed by atoms with Gasteiger partial charge < -0.3 is 15.1 Å². The summed E-state index contributed by atoms with van der Waals surface area (Å²) in [5.74, 6) is 1.04. The molecule has 1 saturated carbocycles. The van der Waals surface area contributed by atoms with E-state index in [4.69, 9.17) is 0 Å². The van der Waals surface area contributed by atoms with Crippen LogP contribution in [0.15, 0.2) is 21.1 Å². The van der Waals surface area contributed by atoms with Crippen LogP contribution in [0.5, 0.6) is 0 Å². The molecule has 5 aliphatic heterocycles. The lowest BCUT2D eigenvalue weighted by Crippen LogP contribution is -2.72. The summed E-state index contributed by atoms with van der Waals surface area (Å²) < 4.78 is 2.15. The summed E-state index contributed by atoms with van der Waals surface area (Å²) in [7, 11) is 2.17. The molecular weight excluding hydrogens is 460 g/mol. The predicted octanol–water partition coefficient (Wildman–Crippen LogP) is 3.08. The third-order valence-electron chi connectivity index (χ3n) is 8.56. The van der Waals surface area contributed by atoms with Gasteiger partial charge >= 0.3 is 0 Å². The zero-order chi connectivity index (χ0) is 18.1. The molecule has 140 valence electrons. The van der Waals surface area contributed by atoms with Gasteiger partial charge in [-0.25, -0.2) is 0 Å². The average molecular weight is 484 g/mol. The maximum absolute atomic E-state index is 11.7. The van der Waals surface area contributed by atoms with Crippen LogP contribution in [0.25, 0.3) is 0 Å². The summed E-state index contributed by atoms with van der Waals surface area (Å²) in [6.45, 7) is 2.19. The lowest BCUT2D eigenvalue weighted by molar-refractivity contribution is -0.211. The number of hydrogen-bond donors (Lipinski definition) is 2. The molecule has 4 nitrogen and oxygen atoms in total. The number of fused-ring (bicyclic) bond motifs is 2. The number of piperidine rings is 4. The van der Waals surface area contributed by atoms with Crippen molar-refractivity contribution >= 4 is 37.5 Å². The van der Waals surface area contributed by atoms with E-state index >= 15 is 0 Å². The van der Waals surface area contributed by atoms with E-state index in [1.165, 1.54) is 11.3 Å². The molecule has 2 N–H and O–H groups in total. The van der Waals surface area contributed by atoms with Crippen LogP contribution in [0.2, 0.25) is 0 Å². The highest BCUT2D eigenvalue weighted by Crippen LogP contribution is 2.69. The van der Waals surface area contributed by atoms with E-state index < -0.39 is 0 Å². The number of halogens is 2. The minimum atomic E-state index is -0.347. The largest absolute Gasteiger partial charge is 0.392 e. The van der Waals surface area contributed by atoms with Crippen molar-refractivity contribution in [2.45, 2.75) is 62.1 Å². The van der Waals surface area contributed by atoms with Crippen LogP contribution in [0.1, 0.15) is 31.7 Å². The van der Waals surface area contributed by atoms with Crippen molar-refractivity contribution in [1.29, 1.82) is 0 Å². The Morgan fingerprint density at radius 3 is 2.73 bits per heavy atom. The van der Waals surface area contributed by atoms with Crippen LogP contribution >= 0.6 is 31.9 Å². The number of anilines is 1. The van der Waals surface area contributed by atoms with Crippen molar-refractivity contribution in [2.24, 2.45) is 17.8 Å². The first kappa shape index (κ1) is 16.8. The van der Waals surface area contributed by atoms with Crippen molar-refractivity contribution in [3.8, 4) is 0 Å². The number of hydrogen-bond acceptors (Lipinski definition) is 4. The molecule has 0 amide bonds. The molecule has 1 aliphatic carbocycles. The van der Waals surface area contributed by atoms with Crippen LogP contribution in [0.4, 0.5) is 5.69 Å². The Labute approximate surface area is 170 Å². The molecule has 5 bridgehead atoms. The van der Waals surface area contributed by atoms with Gasteiger partial charge in [0, 0.05) is 45.3 Å². The zero-order valence-electron chi connectivity index (χ0n) is 14.9. The summed E-state index contributed by atoms with van der Waals surface area (Å²) >= 11 is 7.44. The maximum Gasteiger partial charge on any atom is 0.111 e. The zero-order valence-corrected chi connectivity index (χ0v) is 18.1. The highest BCUT2D eigenvalue weighted by Gasteiger charge is 2.76. The van der Waals surface area contributed by atoms with Crippen LogP contribution in [0, 0.1) is 17.8 Å². The van der Waals surface area contributed by atoms with E-state index in [9.17, 15) is 10.2 Å². The number of benzene rings is 1. The molecule has 6 heteroatoms. The van der Waals surface area contributed by atoms with Gasteiger partial charge in [-0.1, -0.05) is 22.9 Å². The summed E-state index contributed by atoms with van der Waals surface area (Å²) in [4.78, 5) is 4.80. The summed E-state index contributed by atoms with van der Waals surface area (Å²) in [5, 5.41) is 22.9. The van der Waals surface area contributed by atoms with Gasteiger partial charge in [0.05, 0.1) is 17.8 Å². The molecule has 5 fully saturated rings. The minimum Gasteiger partial charge on any atom is -0.392 e. The Kier molecular flexibility index (Phi) is 3.27. The smallest absolute Gasteiger partial charge is 0.111 e. The van der Waals surface area contributed by atoms with Crippen molar-refractivity contribution in [3.05, 3.63) is 26.6 Å². The van der Waals surface area contributed by atoms with Crippen LogP contribution in [-0.2, 0) is 5.41 Å². The number of likely N-dealkylation sites (N-methyl/N-ethyl adjacent to an activating group) is 1. The Morgan fingerprint density at radius 2 is 2.00 bits per heavy atom. The monoisotopic (exact) mass is 482 g/mol. The third kappa shape index (κ3) is 1.58. The fourth-order valence-electron chi connectivity index (χ4n) is 7.97. The van der Waals surface area contributed by atoms with E-state index in [1.807, 2.05) is 0 Å². The van der Waals surface area contributed by atoms with Crippen molar-refractivity contribution < 1.29 is 10.2 Å². The number of nitrogens with zero attached hydrogens (tertiary/aromatic N) is 2. The lowest BCUT2D eigenvalue weighted by atomic mass is 9.62. The Hall–Kier alpha value is -0.140. The molecule has 1 aromatic carbocycles. The molecule has 5 heterocycles. The van der Waals surface area contributed by atoms with Gasteiger partial charge in [0.25, 0.3) is 0 Å². The Morgan fingerprint density at radius 1 is 1.23 bits per heavy atom. The van der Waals surface area contributed by atoms with E-state index in [0.29, 0.717) is 29.8 Å². The number of aliphatic hydroxyl groups is 2. The van der Waals surface area contributed by atoms with Crippen LogP contribution < -0.4 is 4.90 Å². The number of rotatable bonds is 1. The van der Waals surface area contributed by atoms with Crippen molar-refractivity contribution in [1.82, 2.24) is 4.90 Å². The van der Waals surface area contributed by atoms with Crippen molar-refractivity contribution in [3.63, 3.8) is 0 Å². The summed E-state index contributed by atoms with van der Waals surface area (Å²) in [6.07, 6.45) is 2.39. The molecule has 1 aromatic rings. The molecule has 7 rings (SSSR count). The molecular formula is C20H24Br2N2O2. The van der Waals surface area contributed by atoms with Crippen molar-refractivity contribution in [2.75, 3.05) is 11.9 Å². The second kappa shape index (κ2) is 5.07. The van der Waals surface area contributed by atoms with Gasteiger partial charge in [0.1, 0.15) is 6.23 Å². The summed E-state index contributed by atoms with van der Waals surface area (Å²) in [5.41, 5.74) is 2.31. The van der Waals surface area contributed by atoms with E-state index in [2.05, 4.69) is 67.8 Å². The Bertz CT molecular complexity index is 819. The first-order valence-corrected chi connectivity index (χ1v) is 11.4. The van der Waals surface area contributed by atoms with Crippen LogP contribution in [0.3, 0.4) is 0 Å². The average Bonchev–Trinajstić information content (AvgIpc) is 2.96. The third-order valence-corrected chi connectivity index (χ3v) is 9.62. The fraction of sp³-hybridized carbons (Fsp3) is 0.700. The first-order chi connectivity index (χ1) is 12.4. The molecule has 10 atom stereocenters. The minimum absolute atomic E-state index is 0.204. The topological polar surface area (TPSA) is 46.9 Å². The van der Waals surface area contributed by atoms with Gasteiger partial charge in [-0.05, 0) is 58.8 Å². The van der Waals surface area contributed by atoms with E-state index in [1.54, 1.807) is 0 Å². The maximum atomic E-state index is 11.7. The standard InChI is InChI=1S/C20H24Br2N2O2/c1-3-9-10-6-13-17-20(7-14(15(10)18(20)25)24(13)19(9)26)11-4-8(21)5-12(22)16(11)23(17)2/h4-5,9-10,13-15,17-19,25-26H,3,6-7H2,1-2H3/t9-,10-,13+,14+,15+,17+,18+,19+,20-/m1/s1. The molecule has 0 radical (unpaired) electrons. The molecule has 6 aliphatic rings. The normalized spacial score (nSPS) is 52.5. The second-order valence-electron chi connectivity index (χ2n) is 9.07. The highest BCUT2D eigenvalue weighted by atomic mass is 79.9. The van der Waals surface area contributed by atoms with Gasteiger partial charge in [-0.15, -0.1) is 0 Å². The van der Waals surface area contributed by atoms with Gasteiger partial charge in [-0.3, -0.25) is 4.90 Å². The SMILES string of the molecule is CC[C@@H]1[C@H]2C[C@H]3[C@@H]4N(C)c5c(Br)cc(Br)cc5[C@]45C[C@@H]([C@H]2[C@@H]5O)N3[C@H]1O. The molecule has 1 unspecified atom stereocenters. The first-order valence-electron chi connectivity index (χ1n) is 9.77.